The molecule has 0 bridgehead atoms. The first-order valence-electron chi connectivity index (χ1n) is 8.32. The van der Waals surface area contributed by atoms with Crippen molar-refractivity contribution >= 4 is 27.6 Å². The molecule has 9 heteroatoms. The van der Waals surface area contributed by atoms with Gasteiger partial charge in [-0.25, -0.2) is 13.1 Å². The van der Waals surface area contributed by atoms with Crippen LogP contribution >= 0.6 is 11.6 Å². The van der Waals surface area contributed by atoms with Gasteiger partial charge in [0.1, 0.15) is 11.8 Å². The molecule has 0 aromatic heterocycles. The Morgan fingerprint density at radius 2 is 2.04 bits per heavy atom. The molecule has 148 valence electrons. The number of ether oxygens (including phenoxy) is 2. The molecule has 0 heterocycles. The number of esters is 1. The molecule has 0 radical (unpaired) electrons. The van der Waals surface area contributed by atoms with E-state index in [1.807, 2.05) is 6.07 Å². The molecule has 2 aromatic carbocycles. The van der Waals surface area contributed by atoms with Gasteiger partial charge in [-0.3, -0.25) is 4.79 Å². The van der Waals surface area contributed by atoms with Crippen LogP contribution in [0, 0.1) is 11.3 Å². The summed E-state index contributed by atoms with van der Waals surface area (Å²) in [7, 11) is -2.54. The second-order valence-electron chi connectivity index (χ2n) is 5.71. The molecule has 2 rings (SSSR count). The van der Waals surface area contributed by atoms with Gasteiger partial charge >= 0.3 is 5.97 Å². The highest BCUT2D eigenvalue weighted by molar-refractivity contribution is 7.89. The number of sulfonamides is 1. The summed E-state index contributed by atoms with van der Waals surface area (Å²) in [6.45, 7) is 1.85. The van der Waals surface area contributed by atoms with Crippen molar-refractivity contribution in [3.05, 3.63) is 58.6 Å². The highest BCUT2D eigenvalue weighted by Crippen LogP contribution is 2.26. The third-order valence-corrected chi connectivity index (χ3v) is 5.62. The first kappa shape index (κ1) is 21.7. The average molecular weight is 423 g/mol. The van der Waals surface area contributed by atoms with Gasteiger partial charge in [-0.05, 0) is 42.8 Å². The fourth-order valence-electron chi connectivity index (χ4n) is 2.48. The van der Waals surface area contributed by atoms with Crippen molar-refractivity contribution in [3.8, 4) is 11.8 Å². The molecule has 0 aliphatic rings. The van der Waals surface area contributed by atoms with Gasteiger partial charge < -0.3 is 9.47 Å². The molecule has 0 aliphatic heterocycles. The molecule has 1 N–H and O–H groups in total. The number of nitrogens with one attached hydrogen (secondary N) is 1. The summed E-state index contributed by atoms with van der Waals surface area (Å²) in [6, 6.07) is 11.5. The Bertz CT molecular complexity index is 1000. The number of carbonyl (C=O) groups is 1. The summed E-state index contributed by atoms with van der Waals surface area (Å²) >= 11 is 5.95. The quantitative estimate of drug-likeness (QED) is 0.655. The van der Waals surface area contributed by atoms with Crippen molar-refractivity contribution in [1.82, 2.24) is 4.72 Å². The Morgan fingerprint density at radius 3 is 2.64 bits per heavy atom. The molecule has 28 heavy (non-hydrogen) atoms. The number of nitrogens with zero attached hydrogens (tertiary/aromatic N) is 1. The van der Waals surface area contributed by atoms with Crippen LogP contribution in [0.4, 0.5) is 0 Å². The minimum absolute atomic E-state index is 0.0219. The van der Waals surface area contributed by atoms with E-state index in [-0.39, 0.29) is 28.5 Å². The van der Waals surface area contributed by atoms with E-state index in [1.54, 1.807) is 31.2 Å². The zero-order chi connectivity index (χ0) is 20.7. The number of benzene rings is 2. The van der Waals surface area contributed by atoms with E-state index in [0.29, 0.717) is 11.3 Å². The van der Waals surface area contributed by atoms with Crippen LogP contribution in [0.25, 0.3) is 0 Å². The maximum absolute atomic E-state index is 12.8. The molecule has 0 saturated carbocycles. The van der Waals surface area contributed by atoms with Gasteiger partial charge in [0, 0.05) is 0 Å². The van der Waals surface area contributed by atoms with E-state index >= 15 is 0 Å². The zero-order valence-corrected chi connectivity index (χ0v) is 16.9. The van der Waals surface area contributed by atoms with Gasteiger partial charge in [-0.1, -0.05) is 23.7 Å². The molecule has 0 fully saturated rings. The van der Waals surface area contributed by atoms with E-state index in [4.69, 9.17) is 26.3 Å². The van der Waals surface area contributed by atoms with Crippen LogP contribution in [0.2, 0.25) is 5.02 Å². The maximum Gasteiger partial charge on any atom is 0.307 e. The smallest absolute Gasteiger partial charge is 0.307 e. The Hall–Kier alpha value is -2.60. The number of carbonyl (C=O) groups excluding carboxylic acids is 1. The number of rotatable bonds is 8. The second kappa shape index (κ2) is 9.55. The molecule has 0 unspecified atom stereocenters. The van der Waals surface area contributed by atoms with Gasteiger partial charge in [0.2, 0.25) is 10.0 Å². The first-order valence-corrected chi connectivity index (χ1v) is 10.2. The van der Waals surface area contributed by atoms with Crippen molar-refractivity contribution in [2.24, 2.45) is 0 Å². The van der Waals surface area contributed by atoms with E-state index in [1.165, 1.54) is 25.3 Å². The van der Waals surface area contributed by atoms with Crippen molar-refractivity contribution in [1.29, 1.82) is 5.26 Å². The first-order chi connectivity index (χ1) is 13.3. The van der Waals surface area contributed by atoms with Crippen molar-refractivity contribution in [3.63, 3.8) is 0 Å². The summed E-state index contributed by atoms with van der Waals surface area (Å²) < 4.78 is 38.3. The van der Waals surface area contributed by atoms with E-state index in [0.717, 1.165) is 0 Å². The van der Waals surface area contributed by atoms with E-state index in [2.05, 4.69) is 4.72 Å². The third-order valence-electron chi connectivity index (χ3n) is 3.84. The fourth-order valence-corrected chi connectivity index (χ4v) is 4.02. The lowest BCUT2D eigenvalue weighted by Crippen LogP contribution is -2.30. The highest BCUT2D eigenvalue weighted by Gasteiger charge is 2.25. The summed E-state index contributed by atoms with van der Waals surface area (Å²) in [4.78, 5) is 11.9. The van der Waals surface area contributed by atoms with Crippen LogP contribution in [-0.2, 0) is 19.6 Å². The van der Waals surface area contributed by atoms with Gasteiger partial charge in [0.25, 0.3) is 0 Å². The highest BCUT2D eigenvalue weighted by atomic mass is 35.5. The minimum atomic E-state index is -4.03. The average Bonchev–Trinajstić information content (AvgIpc) is 2.67. The van der Waals surface area contributed by atoms with Crippen LogP contribution < -0.4 is 9.46 Å². The second-order valence-corrected chi connectivity index (χ2v) is 7.83. The molecule has 7 nitrogen and oxygen atoms in total. The minimum Gasteiger partial charge on any atom is -0.497 e. The Morgan fingerprint density at radius 1 is 1.29 bits per heavy atom. The lowest BCUT2D eigenvalue weighted by molar-refractivity contribution is -0.143. The van der Waals surface area contributed by atoms with Crippen LogP contribution in [0.5, 0.6) is 5.75 Å². The van der Waals surface area contributed by atoms with Crippen molar-refractivity contribution < 1.29 is 22.7 Å². The van der Waals surface area contributed by atoms with Crippen molar-refractivity contribution in [2.75, 3.05) is 13.7 Å². The lowest BCUT2D eigenvalue weighted by atomic mass is 10.0. The van der Waals surface area contributed by atoms with Crippen LogP contribution in [0.1, 0.15) is 30.5 Å². The molecule has 0 spiro atoms. The van der Waals surface area contributed by atoms with Crippen LogP contribution in [0.15, 0.2) is 47.4 Å². The molecular formula is C19H19ClN2O5S. The predicted octanol–water partition coefficient (Wildman–Crippen LogP) is 3.19. The number of halogens is 1. The predicted molar refractivity (Wildman–Crippen MR) is 103 cm³/mol. The summed E-state index contributed by atoms with van der Waals surface area (Å²) in [5.74, 6) is -0.0251. The SMILES string of the molecule is CCOC(=O)C[C@@H](NS(=O)(=O)c1ccc(C#N)c(Cl)c1)c1cccc(OC)c1. The Kier molecular flexibility index (Phi) is 7.40. The maximum atomic E-state index is 12.8. The summed E-state index contributed by atoms with van der Waals surface area (Å²) in [6.07, 6.45) is -0.204. The number of hydrogen-bond acceptors (Lipinski definition) is 6. The molecule has 0 amide bonds. The third kappa shape index (κ3) is 5.45. The lowest BCUT2D eigenvalue weighted by Gasteiger charge is -2.19. The number of nitriles is 1. The normalized spacial score (nSPS) is 12.1. The number of hydrogen-bond donors (Lipinski definition) is 1. The summed E-state index contributed by atoms with van der Waals surface area (Å²) in [5.41, 5.74) is 0.701. The fraction of sp³-hybridized carbons (Fsp3) is 0.263. The summed E-state index contributed by atoms with van der Waals surface area (Å²) in [5, 5.41) is 8.96. The van der Waals surface area contributed by atoms with Gasteiger partial charge in [0.05, 0.1) is 41.7 Å². The largest absolute Gasteiger partial charge is 0.497 e. The molecule has 0 saturated heterocycles. The Balaban J connectivity index is 2.38. The van der Waals surface area contributed by atoms with E-state index in [9.17, 15) is 13.2 Å². The topological polar surface area (TPSA) is 105 Å². The van der Waals surface area contributed by atoms with Gasteiger partial charge in [0.15, 0.2) is 0 Å². The van der Waals surface area contributed by atoms with Gasteiger partial charge in [-0.2, -0.15) is 5.26 Å². The number of methoxy groups -OCH3 is 1. The zero-order valence-electron chi connectivity index (χ0n) is 15.3. The molecule has 2 aromatic rings. The van der Waals surface area contributed by atoms with E-state index < -0.39 is 22.0 Å². The van der Waals surface area contributed by atoms with Crippen LogP contribution in [0.3, 0.4) is 0 Å². The molecule has 0 aliphatic carbocycles. The van der Waals surface area contributed by atoms with Crippen LogP contribution in [-0.4, -0.2) is 28.1 Å². The standard InChI is InChI=1S/C19H19ClN2O5S/c1-3-27-19(23)11-18(13-5-4-6-15(9-13)26-2)22-28(24,25)16-8-7-14(12-21)17(20)10-16/h4-10,18,22H,3,11H2,1-2H3/t18-/m1/s1. The monoisotopic (exact) mass is 422 g/mol. The van der Waals surface area contributed by atoms with Crippen molar-refractivity contribution in [2.45, 2.75) is 24.3 Å². The molecule has 1 atom stereocenters. The molecular weight excluding hydrogens is 404 g/mol. The van der Waals surface area contributed by atoms with Gasteiger partial charge in [-0.15, -0.1) is 0 Å². The Labute approximate surface area is 168 Å².